The quantitative estimate of drug-likeness (QED) is 0.0244. The van der Waals surface area contributed by atoms with Crippen molar-refractivity contribution in [1.82, 2.24) is 26.4 Å². The number of ether oxygens (including phenoxy) is 5. The minimum atomic E-state index is -1.19. The zero-order valence-electron chi connectivity index (χ0n) is 34.0. The number of hydrogen-bond donors (Lipinski definition) is 8. The van der Waals surface area contributed by atoms with Crippen molar-refractivity contribution in [2.75, 3.05) is 72.5 Å². The molecule has 336 valence electrons. The molecule has 0 aromatic rings. The highest BCUT2D eigenvalue weighted by Gasteiger charge is 2.42. The Kier molecular flexibility index (Phi) is 32.8. The van der Waals surface area contributed by atoms with Crippen molar-refractivity contribution >= 4 is 45.0 Å². The van der Waals surface area contributed by atoms with Crippen LogP contribution in [0.2, 0.25) is 0 Å². The number of aliphatic carboxylic acids is 2. The van der Waals surface area contributed by atoms with E-state index in [4.69, 9.17) is 28.8 Å². The van der Waals surface area contributed by atoms with E-state index in [-0.39, 0.29) is 127 Å². The van der Waals surface area contributed by atoms with Crippen LogP contribution in [0.5, 0.6) is 0 Å². The number of carboxylic acids is 2. The molecular formula is C38H70N5O14P. The summed E-state index contributed by atoms with van der Waals surface area (Å²) >= 11 is 0. The second-order valence-corrected chi connectivity index (χ2v) is 14.4. The van der Waals surface area contributed by atoms with Crippen LogP contribution in [0.25, 0.3) is 0 Å². The lowest BCUT2D eigenvalue weighted by Gasteiger charge is -2.14. The predicted molar refractivity (Wildman–Crippen MR) is 216 cm³/mol. The molecule has 4 amide bonds. The average molecular weight is 852 g/mol. The minimum absolute atomic E-state index is 0.0362. The Labute approximate surface area is 344 Å². The highest BCUT2D eigenvalue weighted by Crippen LogP contribution is 2.26. The van der Waals surface area contributed by atoms with E-state index < -0.39 is 24.3 Å². The van der Waals surface area contributed by atoms with Crippen LogP contribution in [0.4, 0.5) is 0 Å². The SMILES string of the molecule is O=C(O)CCCCCCCCCCCCC(=O)N[C@@H](CCC(=O)NCCOCCOCC(=O)NCCOCCOCC(=O)NCCCC[C@H](NP)C1OC1O)C(=O)O. The number of hydrogen-bond acceptors (Lipinski definition) is 13. The molecule has 0 aromatic carbocycles. The van der Waals surface area contributed by atoms with Gasteiger partial charge in [-0.05, 0) is 32.1 Å². The molecule has 20 heteroatoms. The van der Waals surface area contributed by atoms with Crippen LogP contribution in [0.15, 0.2) is 0 Å². The van der Waals surface area contributed by atoms with Crippen molar-refractivity contribution < 1.29 is 67.8 Å². The molecule has 58 heavy (non-hydrogen) atoms. The van der Waals surface area contributed by atoms with E-state index in [0.29, 0.717) is 13.0 Å². The Morgan fingerprint density at radius 2 is 1.03 bits per heavy atom. The topological polar surface area (TPSA) is 273 Å². The Balaban J connectivity index is 1.89. The number of carboxylic acid groups (broad SMARTS) is 2. The van der Waals surface area contributed by atoms with Gasteiger partial charge in [0, 0.05) is 44.9 Å². The molecule has 0 spiro atoms. The van der Waals surface area contributed by atoms with E-state index in [9.17, 15) is 39.0 Å². The van der Waals surface area contributed by atoms with E-state index >= 15 is 0 Å². The van der Waals surface area contributed by atoms with E-state index in [0.717, 1.165) is 77.0 Å². The summed E-state index contributed by atoms with van der Waals surface area (Å²) in [5.74, 6) is -3.18. The monoisotopic (exact) mass is 851 g/mol. The predicted octanol–water partition coefficient (Wildman–Crippen LogP) is 1.15. The number of carbonyl (C=O) groups is 6. The van der Waals surface area contributed by atoms with Crippen LogP contribution >= 0.6 is 9.39 Å². The summed E-state index contributed by atoms with van der Waals surface area (Å²) in [6.45, 7) is 2.11. The van der Waals surface area contributed by atoms with E-state index in [2.05, 4.69) is 35.7 Å². The molecule has 1 saturated heterocycles. The molecule has 0 saturated carbocycles. The fraction of sp³-hybridized carbons (Fsp3) is 0.842. The third kappa shape index (κ3) is 31.9. The van der Waals surface area contributed by atoms with Crippen molar-refractivity contribution in [3.8, 4) is 0 Å². The Hall–Kier alpha value is -3.03. The number of unbranched alkanes of at least 4 members (excludes halogenated alkanes) is 10. The minimum Gasteiger partial charge on any atom is -0.481 e. The highest BCUT2D eigenvalue weighted by molar-refractivity contribution is 7.13. The molecule has 0 radical (unpaired) electrons. The summed E-state index contributed by atoms with van der Waals surface area (Å²) in [5.41, 5.74) is 0. The van der Waals surface area contributed by atoms with Crippen LogP contribution in [0, 0.1) is 0 Å². The summed E-state index contributed by atoms with van der Waals surface area (Å²) in [4.78, 5) is 70.3. The number of nitrogens with one attached hydrogen (secondary N) is 5. The zero-order chi connectivity index (χ0) is 42.6. The molecule has 1 aliphatic rings. The van der Waals surface area contributed by atoms with Crippen LogP contribution in [-0.4, -0.2) is 148 Å². The van der Waals surface area contributed by atoms with Gasteiger partial charge in [0.05, 0.1) is 39.6 Å². The van der Waals surface area contributed by atoms with E-state index in [1.807, 2.05) is 0 Å². The smallest absolute Gasteiger partial charge is 0.326 e. The van der Waals surface area contributed by atoms with Gasteiger partial charge in [-0.1, -0.05) is 67.2 Å². The maximum absolute atomic E-state index is 12.3. The van der Waals surface area contributed by atoms with Crippen molar-refractivity contribution in [1.29, 1.82) is 0 Å². The third-order valence-corrected chi connectivity index (χ3v) is 9.49. The molecule has 3 unspecified atom stereocenters. The number of aliphatic hydroxyl groups excluding tert-OH is 1. The third-order valence-electron chi connectivity index (χ3n) is 9.06. The number of rotatable bonds is 41. The Bertz CT molecular complexity index is 1160. The molecule has 0 bridgehead atoms. The van der Waals surface area contributed by atoms with Crippen LogP contribution in [0.3, 0.4) is 0 Å². The molecule has 5 atom stereocenters. The molecule has 1 heterocycles. The van der Waals surface area contributed by atoms with Crippen molar-refractivity contribution in [2.45, 2.75) is 134 Å². The lowest BCUT2D eigenvalue weighted by atomic mass is 10.0. The van der Waals surface area contributed by atoms with Gasteiger partial charge in [-0.15, -0.1) is 0 Å². The molecule has 8 N–H and O–H groups in total. The van der Waals surface area contributed by atoms with Gasteiger partial charge in [0.15, 0.2) is 6.29 Å². The lowest BCUT2D eigenvalue weighted by molar-refractivity contribution is -0.142. The summed E-state index contributed by atoms with van der Waals surface area (Å²) in [5, 5.41) is 41.1. The molecular weight excluding hydrogens is 781 g/mol. The number of aliphatic hydroxyl groups is 1. The van der Waals surface area contributed by atoms with E-state index in [1.165, 1.54) is 0 Å². The zero-order valence-corrected chi connectivity index (χ0v) is 35.2. The van der Waals surface area contributed by atoms with Gasteiger partial charge in [-0.2, -0.15) is 0 Å². The normalized spacial score (nSPS) is 15.6. The van der Waals surface area contributed by atoms with Gasteiger partial charge >= 0.3 is 11.9 Å². The number of amides is 4. The first-order valence-electron chi connectivity index (χ1n) is 20.7. The molecule has 19 nitrogen and oxygen atoms in total. The second-order valence-electron chi connectivity index (χ2n) is 14.1. The summed E-state index contributed by atoms with van der Waals surface area (Å²) in [6.07, 6.45) is 11.6. The van der Waals surface area contributed by atoms with Crippen molar-refractivity contribution in [2.24, 2.45) is 0 Å². The fourth-order valence-corrected chi connectivity index (χ4v) is 6.09. The number of epoxide rings is 1. The van der Waals surface area contributed by atoms with E-state index in [1.54, 1.807) is 0 Å². The van der Waals surface area contributed by atoms with Crippen molar-refractivity contribution in [3.05, 3.63) is 0 Å². The molecule has 0 aliphatic carbocycles. The van der Waals surface area contributed by atoms with Crippen LogP contribution in [0.1, 0.15) is 109 Å². The first-order valence-corrected chi connectivity index (χ1v) is 21.3. The maximum Gasteiger partial charge on any atom is 0.326 e. The van der Waals surface area contributed by atoms with Crippen LogP contribution in [-0.2, 0) is 52.5 Å². The van der Waals surface area contributed by atoms with Gasteiger partial charge in [0.25, 0.3) is 0 Å². The summed E-state index contributed by atoms with van der Waals surface area (Å²) in [7, 11) is 2.43. The van der Waals surface area contributed by atoms with Gasteiger partial charge in [-0.25, -0.2) is 4.79 Å². The summed E-state index contributed by atoms with van der Waals surface area (Å²) in [6, 6.07) is -1.08. The Morgan fingerprint density at radius 3 is 1.53 bits per heavy atom. The first-order chi connectivity index (χ1) is 28.0. The molecule has 0 aromatic heterocycles. The lowest BCUT2D eigenvalue weighted by Crippen LogP contribution is -2.41. The first kappa shape index (κ1) is 53.0. The largest absolute Gasteiger partial charge is 0.481 e. The van der Waals surface area contributed by atoms with Crippen LogP contribution < -0.4 is 26.4 Å². The standard InChI is InChI=1S/C38H70N5O14P/c44-31(17-16-30(37(50)51)42-32(45)14-9-7-5-3-1-2-4-6-8-10-15-35(48)49)40-19-21-53-23-26-56-28-34(47)41-20-22-54-24-25-55-27-33(46)39-18-12-11-13-29(43-58)36-38(52)57-36/h29-30,36,38,43,52H,1-28,58H2,(H,39,46)(H,40,44)(H,41,47)(H,42,45)(H,48,49)(H,50,51)/t29-,30-,36?,38?/m0/s1. The van der Waals surface area contributed by atoms with Crippen molar-refractivity contribution in [3.63, 3.8) is 0 Å². The number of carbonyl (C=O) groups excluding carboxylic acids is 4. The molecule has 1 rings (SSSR count). The van der Waals surface area contributed by atoms with Gasteiger partial charge in [0.2, 0.25) is 23.6 Å². The summed E-state index contributed by atoms with van der Waals surface area (Å²) < 4.78 is 26.4. The fourth-order valence-electron chi connectivity index (χ4n) is 5.73. The van der Waals surface area contributed by atoms with Gasteiger partial charge in [0.1, 0.15) is 25.4 Å². The highest BCUT2D eigenvalue weighted by atomic mass is 31.0. The second kappa shape index (κ2) is 35.9. The maximum atomic E-state index is 12.3. The average Bonchev–Trinajstić information content (AvgIpc) is 3.92. The molecule has 1 fully saturated rings. The molecule has 1 aliphatic heterocycles. The van der Waals surface area contributed by atoms with Gasteiger partial charge < -0.3 is 60.3 Å². The Morgan fingerprint density at radius 1 is 0.552 bits per heavy atom. The van der Waals surface area contributed by atoms with Gasteiger partial charge in [-0.3, -0.25) is 29.1 Å².